The predicted molar refractivity (Wildman–Crippen MR) is 259 cm³/mol. The summed E-state index contributed by atoms with van der Waals surface area (Å²) in [5, 5.41) is 4.81. The van der Waals surface area contributed by atoms with Crippen LogP contribution in [0, 0.1) is 0 Å². The highest BCUT2D eigenvalue weighted by molar-refractivity contribution is 6.13. The van der Waals surface area contributed by atoms with Crippen LogP contribution >= 0.6 is 0 Å². The number of nitrogens with zero attached hydrogens (tertiary/aromatic N) is 4. The van der Waals surface area contributed by atoms with Gasteiger partial charge in [0.05, 0.1) is 44.6 Å². The van der Waals surface area contributed by atoms with E-state index in [0.717, 1.165) is 72.8 Å². The Kier molecular flexibility index (Phi) is 7.26. The lowest BCUT2D eigenvalue weighted by molar-refractivity contribution is 0.435. The number of aromatic nitrogens is 4. The molecule has 0 N–H and O–H groups in total. The topological polar surface area (TPSA) is 44.9 Å². The van der Waals surface area contributed by atoms with Gasteiger partial charge in [-0.3, -0.25) is 0 Å². The molecule has 0 amide bonds. The van der Waals surface area contributed by atoms with E-state index < -0.39 is 5.41 Å². The molecule has 298 valence electrons. The first-order valence-electron chi connectivity index (χ1n) is 21.8. The third kappa shape index (κ3) is 4.78. The molecule has 5 nitrogen and oxygen atoms in total. The largest absolute Gasteiger partial charge is 0.457 e. The third-order valence-corrected chi connectivity index (χ3v) is 13.6. The fourth-order valence-corrected chi connectivity index (χ4v) is 10.9. The van der Waals surface area contributed by atoms with Crippen LogP contribution in [0.4, 0.5) is 0 Å². The van der Waals surface area contributed by atoms with E-state index in [9.17, 15) is 0 Å². The summed E-state index contributed by atoms with van der Waals surface area (Å²) in [6, 6.07) is 78.2. The van der Waals surface area contributed by atoms with Crippen molar-refractivity contribution < 1.29 is 4.74 Å². The minimum Gasteiger partial charge on any atom is -0.457 e. The van der Waals surface area contributed by atoms with Crippen LogP contribution in [0.3, 0.4) is 0 Å². The molecule has 12 aromatic rings. The van der Waals surface area contributed by atoms with Crippen molar-refractivity contribution in [2.24, 2.45) is 0 Å². The van der Waals surface area contributed by atoms with Gasteiger partial charge in [-0.15, -0.1) is 0 Å². The quantitative estimate of drug-likeness (QED) is 0.178. The Balaban J connectivity index is 1.01. The van der Waals surface area contributed by atoms with Crippen molar-refractivity contribution in [1.82, 2.24) is 19.1 Å². The van der Waals surface area contributed by atoms with Crippen molar-refractivity contribution in [2.45, 2.75) is 5.41 Å². The number of rotatable bonds is 4. The Morgan fingerprint density at radius 3 is 1.70 bits per heavy atom. The van der Waals surface area contributed by atoms with Crippen LogP contribution in [-0.4, -0.2) is 19.1 Å². The lowest BCUT2D eigenvalue weighted by Crippen LogP contribution is -2.37. The zero-order valence-corrected chi connectivity index (χ0v) is 34.5. The summed E-state index contributed by atoms with van der Waals surface area (Å²) in [5.74, 6) is 2.44. The van der Waals surface area contributed by atoms with Crippen molar-refractivity contribution >= 4 is 43.6 Å². The molecule has 0 radical (unpaired) electrons. The first-order valence-corrected chi connectivity index (χ1v) is 21.8. The van der Waals surface area contributed by atoms with Gasteiger partial charge in [0.25, 0.3) is 0 Å². The normalized spacial score (nSPS) is 14.8. The second-order valence-corrected chi connectivity index (χ2v) is 16.9. The Morgan fingerprint density at radius 1 is 0.359 bits per heavy atom. The predicted octanol–water partition coefficient (Wildman–Crippen LogP) is 14.5. The van der Waals surface area contributed by atoms with Crippen LogP contribution in [0.2, 0.25) is 0 Å². The van der Waals surface area contributed by atoms with Crippen molar-refractivity contribution in [3.05, 3.63) is 241 Å². The lowest BCUT2D eigenvalue weighted by atomic mass is 9.61. The summed E-state index contributed by atoms with van der Waals surface area (Å²) in [4.78, 5) is 10.2. The summed E-state index contributed by atoms with van der Waals surface area (Å²) in [7, 11) is 0. The van der Waals surface area contributed by atoms with Crippen molar-refractivity contribution in [3.8, 4) is 56.8 Å². The van der Waals surface area contributed by atoms with Crippen LogP contribution in [0.15, 0.2) is 218 Å². The van der Waals surface area contributed by atoms with Gasteiger partial charge >= 0.3 is 0 Å². The van der Waals surface area contributed by atoms with Gasteiger partial charge in [-0.2, -0.15) is 0 Å². The molecule has 0 saturated heterocycles. The smallest absolute Gasteiger partial charge is 0.160 e. The van der Waals surface area contributed by atoms with Crippen molar-refractivity contribution in [2.75, 3.05) is 0 Å². The second-order valence-electron chi connectivity index (χ2n) is 16.9. The van der Waals surface area contributed by atoms with Crippen molar-refractivity contribution in [1.29, 1.82) is 0 Å². The van der Waals surface area contributed by atoms with E-state index in [-0.39, 0.29) is 0 Å². The zero-order valence-electron chi connectivity index (χ0n) is 34.5. The molecule has 1 spiro atoms. The van der Waals surface area contributed by atoms with Gasteiger partial charge in [0.15, 0.2) is 5.82 Å². The number of benzene rings is 9. The van der Waals surface area contributed by atoms with Gasteiger partial charge in [0.2, 0.25) is 0 Å². The molecular formula is C59H36N4O. The van der Waals surface area contributed by atoms with Crippen LogP contribution in [0.25, 0.3) is 88.9 Å². The summed E-state index contributed by atoms with van der Waals surface area (Å²) >= 11 is 0. The van der Waals surface area contributed by atoms with E-state index in [2.05, 4.69) is 203 Å². The molecule has 2 aliphatic heterocycles. The maximum absolute atomic E-state index is 7.05. The maximum atomic E-state index is 7.05. The molecule has 14 rings (SSSR count). The van der Waals surface area contributed by atoms with Gasteiger partial charge < -0.3 is 13.9 Å². The van der Waals surface area contributed by atoms with Gasteiger partial charge in [0.1, 0.15) is 11.5 Å². The van der Waals surface area contributed by atoms with Gasteiger partial charge in [-0.1, -0.05) is 164 Å². The van der Waals surface area contributed by atoms with Gasteiger partial charge in [-0.25, -0.2) is 9.97 Å². The van der Waals surface area contributed by atoms with Crippen LogP contribution in [0.5, 0.6) is 11.5 Å². The van der Waals surface area contributed by atoms with Crippen LogP contribution in [-0.2, 0) is 5.41 Å². The molecule has 1 unspecified atom stereocenters. The SMILES string of the molecule is c1ccc(-c2cc(-c3ccc(-n4c5ccccc5c5cc6c(cc54)C4(c5ccccc5O6)c5ccccc5-n5c6ccccc6c6cccc4c65)cc3)nc(-c3ccccc3)n2)cc1. The van der Waals surface area contributed by atoms with Crippen LogP contribution in [0.1, 0.15) is 22.3 Å². The fraction of sp³-hybridized carbons (Fsp3) is 0.0169. The molecule has 2 aliphatic rings. The van der Waals surface area contributed by atoms with Gasteiger partial charge in [-0.05, 0) is 65.7 Å². The van der Waals surface area contributed by atoms with E-state index >= 15 is 0 Å². The molecule has 0 aliphatic carbocycles. The molecule has 3 aromatic heterocycles. The Bertz CT molecular complexity index is 3810. The molecule has 64 heavy (non-hydrogen) atoms. The highest BCUT2D eigenvalue weighted by atomic mass is 16.5. The average molecular weight is 817 g/mol. The summed E-state index contributed by atoms with van der Waals surface area (Å²) in [6.45, 7) is 0. The highest BCUT2D eigenvalue weighted by Crippen LogP contribution is 2.61. The molecule has 5 heteroatoms. The second kappa shape index (κ2) is 13.2. The Hall–Kier alpha value is -8.54. The summed E-state index contributed by atoms with van der Waals surface area (Å²) in [6.07, 6.45) is 0. The molecule has 0 saturated carbocycles. The van der Waals surface area contributed by atoms with E-state index in [1.54, 1.807) is 0 Å². The first kappa shape index (κ1) is 35.1. The van der Waals surface area contributed by atoms with E-state index in [1.165, 1.54) is 44.0 Å². The van der Waals surface area contributed by atoms with Crippen LogP contribution < -0.4 is 4.74 Å². The van der Waals surface area contributed by atoms with E-state index in [1.807, 2.05) is 24.3 Å². The molecule has 1 atom stereocenters. The summed E-state index contributed by atoms with van der Waals surface area (Å²) in [5.41, 5.74) is 15.8. The molecule has 5 heterocycles. The number of hydrogen-bond donors (Lipinski definition) is 0. The third-order valence-electron chi connectivity index (χ3n) is 13.6. The minimum atomic E-state index is -0.677. The number of fused-ring (bicyclic) bond motifs is 14. The number of ether oxygens (including phenoxy) is 1. The van der Waals surface area contributed by atoms with E-state index in [0.29, 0.717) is 5.82 Å². The first-order chi connectivity index (χ1) is 31.7. The number of hydrogen-bond acceptors (Lipinski definition) is 3. The number of para-hydroxylation sites is 5. The Labute approximate surface area is 368 Å². The molecule has 0 bridgehead atoms. The monoisotopic (exact) mass is 816 g/mol. The van der Waals surface area contributed by atoms with Gasteiger partial charge in [0, 0.05) is 55.0 Å². The lowest BCUT2D eigenvalue weighted by Gasteiger charge is -2.45. The Morgan fingerprint density at radius 2 is 0.938 bits per heavy atom. The summed E-state index contributed by atoms with van der Waals surface area (Å²) < 4.78 is 12.0. The fourth-order valence-electron chi connectivity index (χ4n) is 10.9. The highest BCUT2D eigenvalue weighted by Gasteiger charge is 2.50. The van der Waals surface area contributed by atoms with Crippen molar-refractivity contribution in [3.63, 3.8) is 0 Å². The van der Waals surface area contributed by atoms with E-state index in [4.69, 9.17) is 14.7 Å². The molecular weight excluding hydrogens is 781 g/mol. The molecule has 9 aromatic carbocycles. The zero-order chi connectivity index (χ0) is 41.9. The average Bonchev–Trinajstić information content (AvgIpc) is 3.88. The molecule has 0 fully saturated rings. The minimum absolute atomic E-state index is 0.677. The standard InChI is InChI=1S/C59H36N4O/c1-3-16-37(17-4-1)49-36-50(61-58(60-49)39-18-5-2-6-19-39)38-30-32-40(33-31-38)62-51-26-11-8-21-42(51)44-34-56-48(35-54(44)62)59(46-24-10-14-29-55(46)64-56)45-23-9-13-28-53(45)63-52-27-12-7-20-41(52)43-22-15-25-47(59)57(43)63/h1-36H. The maximum Gasteiger partial charge on any atom is 0.160 e.